The minimum absolute atomic E-state index is 0.0131. The van der Waals surface area contributed by atoms with Crippen molar-refractivity contribution in [1.82, 2.24) is 14.8 Å². The van der Waals surface area contributed by atoms with Crippen LogP contribution in [0.4, 0.5) is 0 Å². The van der Waals surface area contributed by atoms with Crippen molar-refractivity contribution in [3.63, 3.8) is 0 Å². The second kappa shape index (κ2) is 5.81. The summed E-state index contributed by atoms with van der Waals surface area (Å²) in [4.78, 5) is 38.7. The molecule has 0 aliphatic carbocycles. The number of carbonyl (C=O) groups is 2. The number of nitrogens with zero attached hydrogens (tertiary/aromatic N) is 2. The van der Waals surface area contributed by atoms with Gasteiger partial charge in [-0.1, -0.05) is 6.07 Å². The van der Waals surface area contributed by atoms with Gasteiger partial charge in [0.25, 0.3) is 11.5 Å². The average molecular weight is 319 g/mol. The van der Waals surface area contributed by atoms with Crippen molar-refractivity contribution in [3.05, 3.63) is 34.2 Å². The summed E-state index contributed by atoms with van der Waals surface area (Å²) in [7, 11) is 3.20. The summed E-state index contributed by atoms with van der Waals surface area (Å²) < 4.78 is 6.85. The molecule has 3 heterocycles. The lowest BCUT2D eigenvalue weighted by Gasteiger charge is -2.36. The van der Waals surface area contributed by atoms with Crippen LogP contribution in [0, 0.1) is 11.3 Å². The predicted octanol–water partition coefficient (Wildman–Crippen LogP) is -0.390. The van der Waals surface area contributed by atoms with Gasteiger partial charge in [0.05, 0.1) is 12.0 Å². The van der Waals surface area contributed by atoms with Crippen LogP contribution in [-0.4, -0.2) is 54.6 Å². The maximum Gasteiger partial charge on any atom is 0.270 e. The Morgan fingerprint density at radius 2 is 2.17 bits per heavy atom. The van der Waals surface area contributed by atoms with E-state index in [1.807, 2.05) is 0 Å². The molecular weight excluding hydrogens is 298 g/mol. The van der Waals surface area contributed by atoms with E-state index >= 15 is 0 Å². The fourth-order valence-corrected chi connectivity index (χ4v) is 3.67. The lowest BCUT2D eigenvalue weighted by atomic mass is 9.73. The molecule has 124 valence electrons. The van der Waals surface area contributed by atoms with Gasteiger partial charge in [-0.25, -0.2) is 0 Å². The summed E-state index contributed by atoms with van der Waals surface area (Å²) in [6.07, 6.45) is 0.606. The number of likely N-dealkylation sites (tertiary alicyclic amines) is 1. The molecule has 2 saturated heterocycles. The van der Waals surface area contributed by atoms with Crippen LogP contribution in [0.5, 0.6) is 0 Å². The Bertz CT molecular complexity index is 699. The monoisotopic (exact) mass is 319 g/mol. The van der Waals surface area contributed by atoms with E-state index < -0.39 is 5.41 Å². The number of pyridine rings is 1. The normalized spacial score (nSPS) is 26.7. The highest BCUT2D eigenvalue weighted by Crippen LogP contribution is 2.42. The van der Waals surface area contributed by atoms with E-state index in [1.165, 1.54) is 10.6 Å². The smallest absolute Gasteiger partial charge is 0.270 e. The fraction of sp³-hybridized carbons (Fsp3) is 0.562. The van der Waals surface area contributed by atoms with Crippen LogP contribution in [0.1, 0.15) is 16.9 Å². The minimum atomic E-state index is -0.587. The summed E-state index contributed by atoms with van der Waals surface area (Å²) >= 11 is 0. The number of hydrogen-bond donors (Lipinski definition) is 1. The van der Waals surface area contributed by atoms with Gasteiger partial charge < -0.3 is 19.5 Å². The Labute approximate surface area is 134 Å². The quantitative estimate of drug-likeness (QED) is 0.805. The highest BCUT2D eigenvalue weighted by molar-refractivity contribution is 5.94. The van der Waals surface area contributed by atoms with Gasteiger partial charge in [-0.3, -0.25) is 14.4 Å². The Balaban J connectivity index is 1.91. The van der Waals surface area contributed by atoms with E-state index in [0.717, 1.165) is 0 Å². The van der Waals surface area contributed by atoms with E-state index in [1.54, 1.807) is 31.1 Å². The molecular formula is C16H21N3O4. The molecule has 1 aromatic rings. The zero-order valence-electron chi connectivity index (χ0n) is 13.4. The molecule has 2 fully saturated rings. The van der Waals surface area contributed by atoms with E-state index in [4.69, 9.17) is 4.74 Å². The first-order valence-electron chi connectivity index (χ1n) is 7.75. The molecule has 0 aromatic carbocycles. The highest BCUT2D eigenvalue weighted by Gasteiger charge is 2.54. The zero-order chi connectivity index (χ0) is 16.6. The van der Waals surface area contributed by atoms with Crippen LogP contribution in [0.3, 0.4) is 0 Å². The molecule has 2 amide bonds. The Kier molecular flexibility index (Phi) is 3.97. The van der Waals surface area contributed by atoms with Crippen molar-refractivity contribution < 1.29 is 14.3 Å². The first kappa shape index (κ1) is 15.7. The zero-order valence-corrected chi connectivity index (χ0v) is 13.4. The highest BCUT2D eigenvalue weighted by atomic mass is 16.5. The Morgan fingerprint density at radius 3 is 2.91 bits per heavy atom. The topological polar surface area (TPSA) is 80.6 Å². The van der Waals surface area contributed by atoms with Crippen LogP contribution in [-0.2, 0) is 16.6 Å². The molecule has 0 spiro atoms. The third-order valence-corrected chi connectivity index (χ3v) is 5.08. The fourth-order valence-electron chi connectivity index (χ4n) is 3.67. The van der Waals surface area contributed by atoms with Gasteiger partial charge in [0.15, 0.2) is 0 Å². The van der Waals surface area contributed by atoms with Crippen LogP contribution >= 0.6 is 0 Å². The number of carbonyl (C=O) groups excluding carboxylic acids is 2. The predicted molar refractivity (Wildman–Crippen MR) is 83.0 cm³/mol. The summed E-state index contributed by atoms with van der Waals surface area (Å²) in [5.41, 5.74) is -0.475. The molecule has 2 aliphatic heterocycles. The number of ether oxygens (including phenoxy) is 1. The van der Waals surface area contributed by atoms with Crippen molar-refractivity contribution in [2.24, 2.45) is 18.4 Å². The van der Waals surface area contributed by atoms with Gasteiger partial charge >= 0.3 is 0 Å². The minimum Gasteiger partial charge on any atom is -0.381 e. The molecule has 0 saturated carbocycles. The molecule has 2 aliphatic rings. The summed E-state index contributed by atoms with van der Waals surface area (Å²) in [5, 5.41) is 2.73. The standard InChI is InChI=1S/C16H21N3O4/c1-17-15(22)16-6-7-23-9-11(16)8-19(10-16)14(21)12-4-3-5-13(20)18(12)2/h3-5,11H,6-10H2,1-2H3,(H,17,22)/t11-,16+/m1/s1. The number of nitrogens with one attached hydrogen (secondary N) is 1. The summed E-state index contributed by atoms with van der Waals surface area (Å²) in [6.45, 7) is 1.83. The van der Waals surface area contributed by atoms with Gasteiger partial charge in [-0.15, -0.1) is 0 Å². The van der Waals surface area contributed by atoms with Crippen LogP contribution in [0.25, 0.3) is 0 Å². The molecule has 23 heavy (non-hydrogen) atoms. The molecule has 1 N–H and O–H groups in total. The molecule has 2 atom stereocenters. The van der Waals surface area contributed by atoms with Crippen LogP contribution in [0.15, 0.2) is 23.0 Å². The lowest BCUT2D eigenvalue weighted by molar-refractivity contribution is -0.138. The van der Waals surface area contributed by atoms with E-state index in [9.17, 15) is 14.4 Å². The molecule has 0 bridgehead atoms. The SMILES string of the molecule is CNC(=O)[C@]12CCOC[C@H]1CN(C(=O)c1cccc(=O)n1C)C2. The van der Waals surface area contributed by atoms with Crippen LogP contribution < -0.4 is 10.9 Å². The number of aromatic nitrogens is 1. The first-order chi connectivity index (χ1) is 11.0. The van der Waals surface area contributed by atoms with Crippen molar-refractivity contribution in [2.75, 3.05) is 33.4 Å². The molecule has 0 unspecified atom stereocenters. The number of amides is 2. The van der Waals surface area contributed by atoms with Gasteiger partial charge in [0.2, 0.25) is 5.91 Å². The Morgan fingerprint density at radius 1 is 1.39 bits per heavy atom. The third kappa shape index (κ3) is 2.45. The maximum atomic E-state index is 12.8. The van der Waals surface area contributed by atoms with Crippen LogP contribution in [0.2, 0.25) is 0 Å². The Hall–Kier alpha value is -2.15. The summed E-state index contributed by atoms with van der Waals surface area (Å²) in [5.74, 6) is -0.271. The molecule has 7 heteroatoms. The largest absolute Gasteiger partial charge is 0.381 e. The number of fused-ring (bicyclic) bond motifs is 1. The number of hydrogen-bond acceptors (Lipinski definition) is 4. The third-order valence-electron chi connectivity index (χ3n) is 5.08. The van der Waals surface area contributed by atoms with Gasteiger partial charge in [0.1, 0.15) is 5.69 Å². The number of rotatable bonds is 2. The second-order valence-electron chi connectivity index (χ2n) is 6.25. The maximum absolute atomic E-state index is 12.8. The lowest BCUT2D eigenvalue weighted by Crippen LogP contribution is -2.49. The van der Waals surface area contributed by atoms with E-state index in [-0.39, 0.29) is 23.3 Å². The molecule has 7 nitrogen and oxygen atoms in total. The van der Waals surface area contributed by atoms with Gasteiger partial charge in [0, 0.05) is 45.8 Å². The second-order valence-corrected chi connectivity index (χ2v) is 6.25. The van der Waals surface area contributed by atoms with Crippen molar-refractivity contribution in [2.45, 2.75) is 6.42 Å². The van der Waals surface area contributed by atoms with Crippen molar-refractivity contribution in [3.8, 4) is 0 Å². The van der Waals surface area contributed by atoms with Crippen molar-refractivity contribution in [1.29, 1.82) is 0 Å². The molecule has 1 aromatic heterocycles. The average Bonchev–Trinajstić information content (AvgIpc) is 2.96. The first-order valence-corrected chi connectivity index (χ1v) is 7.75. The summed E-state index contributed by atoms with van der Waals surface area (Å²) in [6, 6.07) is 4.63. The van der Waals surface area contributed by atoms with E-state index in [0.29, 0.717) is 38.4 Å². The molecule has 3 rings (SSSR count). The van der Waals surface area contributed by atoms with E-state index in [2.05, 4.69) is 5.32 Å². The van der Waals surface area contributed by atoms with Gasteiger partial charge in [-0.2, -0.15) is 0 Å². The van der Waals surface area contributed by atoms with Crippen molar-refractivity contribution >= 4 is 11.8 Å². The van der Waals surface area contributed by atoms with Gasteiger partial charge in [-0.05, 0) is 12.5 Å². The molecule has 0 radical (unpaired) electrons.